The quantitative estimate of drug-likeness (QED) is 0.667. The summed E-state index contributed by atoms with van der Waals surface area (Å²) in [6.45, 7) is 9.29. The van der Waals surface area contributed by atoms with Gasteiger partial charge in [0.05, 0.1) is 17.8 Å². The van der Waals surface area contributed by atoms with Crippen molar-refractivity contribution in [2.75, 3.05) is 25.6 Å². The number of carbonyl (C=O) groups excluding carboxylic acids is 1. The minimum Gasteiger partial charge on any atom is -0.353 e. The van der Waals surface area contributed by atoms with Crippen molar-refractivity contribution in [1.29, 1.82) is 0 Å². The Hall–Kier alpha value is -1.44. The lowest BCUT2D eigenvalue weighted by molar-refractivity contribution is -0.170. The van der Waals surface area contributed by atoms with E-state index in [9.17, 15) is 4.79 Å². The van der Waals surface area contributed by atoms with Crippen LogP contribution >= 0.6 is 0 Å². The zero-order valence-corrected chi connectivity index (χ0v) is 19.3. The zero-order valence-electron chi connectivity index (χ0n) is 19.3. The Bertz CT molecular complexity index is 688. The van der Waals surface area contributed by atoms with E-state index in [1.165, 1.54) is 19.3 Å². The maximum absolute atomic E-state index is 13.0. The van der Waals surface area contributed by atoms with E-state index in [2.05, 4.69) is 36.3 Å². The third-order valence-electron chi connectivity index (χ3n) is 6.77. The van der Waals surface area contributed by atoms with Crippen LogP contribution in [0.15, 0.2) is 10.6 Å². The molecule has 30 heavy (non-hydrogen) atoms. The van der Waals surface area contributed by atoms with Crippen LogP contribution in [0.2, 0.25) is 0 Å². The van der Waals surface area contributed by atoms with Crippen molar-refractivity contribution < 1.29 is 18.8 Å². The summed E-state index contributed by atoms with van der Waals surface area (Å²) < 4.78 is 17.0. The van der Waals surface area contributed by atoms with E-state index in [1.54, 1.807) is 6.07 Å². The van der Waals surface area contributed by atoms with Gasteiger partial charge in [0.1, 0.15) is 0 Å². The lowest BCUT2D eigenvalue weighted by atomic mass is 9.90. The van der Waals surface area contributed by atoms with Gasteiger partial charge in [0, 0.05) is 24.1 Å². The molecule has 1 saturated carbocycles. The first-order valence-corrected chi connectivity index (χ1v) is 11.4. The monoisotopic (exact) mass is 421 g/mol. The first-order valence-electron chi connectivity index (χ1n) is 11.4. The van der Waals surface area contributed by atoms with Crippen molar-refractivity contribution in [3.05, 3.63) is 11.8 Å². The third kappa shape index (κ3) is 5.62. The van der Waals surface area contributed by atoms with Gasteiger partial charge in [0.2, 0.25) is 11.8 Å². The lowest BCUT2D eigenvalue weighted by Gasteiger charge is -2.41. The van der Waals surface area contributed by atoms with E-state index in [4.69, 9.17) is 14.0 Å². The van der Waals surface area contributed by atoms with E-state index in [0.717, 1.165) is 44.4 Å². The summed E-state index contributed by atoms with van der Waals surface area (Å²) in [6.07, 6.45) is 9.10. The highest BCUT2D eigenvalue weighted by Gasteiger charge is 2.37. The summed E-state index contributed by atoms with van der Waals surface area (Å²) >= 11 is 0. The van der Waals surface area contributed by atoms with Gasteiger partial charge >= 0.3 is 0 Å². The molecule has 1 aromatic rings. The van der Waals surface area contributed by atoms with E-state index >= 15 is 0 Å². The van der Waals surface area contributed by atoms with Crippen LogP contribution in [0.5, 0.6) is 0 Å². The van der Waals surface area contributed by atoms with Gasteiger partial charge in [-0.25, -0.2) is 0 Å². The Morgan fingerprint density at radius 3 is 2.53 bits per heavy atom. The predicted octanol–water partition coefficient (Wildman–Crippen LogP) is 4.48. The van der Waals surface area contributed by atoms with E-state index in [1.807, 2.05) is 13.8 Å². The number of amides is 1. The molecule has 2 fully saturated rings. The molecule has 7 nitrogen and oxygen atoms in total. The Morgan fingerprint density at radius 1 is 1.17 bits per heavy atom. The fourth-order valence-corrected chi connectivity index (χ4v) is 4.22. The minimum atomic E-state index is -0.633. The molecule has 1 aliphatic carbocycles. The van der Waals surface area contributed by atoms with Gasteiger partial charge in [-0.3, -0.25) is 15.0 Å². The van der Waals surface area contributed by atoms with Crippen molar-refractivity contribution in [1.82, 2.24) is 10.1 Å². The van der Waals surface area contributed by atoms with Crippen LogP contribution in [0.4, 0.5) is 5.88 Å². The average molecular weight is 422 g/mol. The molecular weight excluding hydrogens is 382 g/mol. The molecule has 0 spiro atoms. The molecule has 0 aromatic carbocycles. The smallest absolute Gasteiger partial charge is 0.246 e. The van der Waals surface area contributed by atoms with Crippen molar-refractivity contribution >= 4 is 11.8 Å². The number of hydrogen-bond acceptors (Lipinski definition) is 6. The first kappa shape index (κ1) is 23.2. The largest absolute Gasteiger partial charge is 0.353 e. The van der Waals surface area contributed by atoms with Gasteiger partial charge in [0.15, 0.2) is 6.29 Å². The average Bonchev–Trinajstić information content (AvgIpc) is 3.22. The number of nitrogens with zero attached hydrogens (tertiary/aromatic N) is 2. The standard InChI is InChI=1S/C23H39N3O4/c1-22(2,16-29-20-13-9-10-14-28-20)18-15-19(30-25-18)24-21(27)23(3,4)26(5)17-11-7-6-8-12-17/h15,17,20H,6-14,16H2,1-5H3,(H,24,27). The van der Waals surface area contributed by atoms with Crippen LogP contribution in [-0.4, -0.2) is 54.1 Å². The molecule has 1 amide bonds. The van der Waals surface area contributed by atoms with Crippen LogP contribution in [0, 0.1) is 0 Å². The fourth-order valence-electron chi connectivity index (χ4n) is 4.22. The number of likely N-dealkylation sites (N-methyl/N-ethyl adjacent to an activating group) is 1. The van der Waals surface area contributed by atoms with Gasteiger partial charge in [-0.1, -0.05) is 38.3 Å². The lowest BCUT2D eigenvalue weighted by Crippen LogP contribution is -2.55. The van der Waals surface area contributed by atoms with Crippen molar-refractivity contribution in [2.24, 2.45) is 0 Å². The van der Waals surface area contributed by atoms with E-state index < -0.39 is 5.54 Å². The number of anilines is 1. The number of ether oxygens (including phenoxy) is 2. The topological polar surface area (TPSA) is 76.8 Å². The summed E-state index contributed by atoms with van der Waals surface area (Å²) in [6, 6.07) is 2.25. The molecule has 2 heterocycles. The van der Waals surface area contributed by atoms with Crippen LogP contribution < -0.4 is 5.32 Å². The number of carbonyl (C=O) groups is 1. The maximum atomic E-state index is 13.0. The second-order valence-corrected chi connectivity index (χ2v) is 9.98. The molecule has 1 N–H and O–H groups in total. The maximum Gasteiger partial charge on any atom is 0.246 e. The molecule has 2 aliphatic rings. The van der Waals surface area contributed by atoms with Crippen LogP contribution in [0.25, 0.3) is 0 Å². The Balaban J connectivity index is 1.57. The highest BCUT2D eigenvalue weighted by Crippen LogP contribution is 2.30. The Kier molecular flexibility index (Phi) is 7.58. The SMILES string of the molecule is CN(C1CCCCC1)C(C)(C)C(=O)Nc1cc(C(C)(C)COC2CCCCO2)no1. The number of rotatable bonds is 8. The number of nitrogens with one attached hydrogen (secondary N) is 1. The summed E-state index contributed by atoms with van der Waals surface area (Å²) in [5.41, 5.74) is -0.222. The van der Waals surface area contributed by atoms with E-state index in [-0.39, 0.29) is 17.6 Å². The number of aromatic nitrogens is 1. The number of hydrogen-bond donors (Lipinski definition) is 1. The minimum absolute atomic E-state index is 0.0806. The molecule has 1 aromatic heterocycles. The van der Waals surface area contributed by atoms with Crippen molar-refractivity contribution in [2.45, 2.75) is 102 Å². The van der Waals surface area contributed by atoms with Gasteiger partial charge < -0.3 is 14.0 Å². The summed E-state index contributed by atoms with van der Waals surface area (Å²) in [7, 11) is 2.05. The van der Waals surface area contributed by atoms with E-state index in [0.29, 0.717) is 18.5 Å². The predicted molar refractivity (Wildman–Crippen MR) is 116 cm³/mol. The molecule has 170 valence electrons. The van der Waals surface area contributed by atoms with Crippen LogP contribution in [0.1, 0.15) is 84.8 Å². The molecule has 7 heteroatoms. The third-order valence-corrected chi connectivity index (χ3v) is 6.77. The van der Waals surface area contributed by atoms with Gasteiger partial charge in [0.25, 0.3) is 0 Å². The molecule has 1 saturated heterocycles. The molecule has 0 radical (unpaired) electrons. The first-order chi connectivity index (χ1) is 14.2. The summed E-state index contributed by atoms with van der Waals surface area (Å²) in [5, 5.41) is 7.12. The molecule has 0 bridgehead atoms. The normalized spacial score (nSPS) is 21.7. The molecule has 1 aliphatic heterocycles. The second kappa shape index (κ2) is 9.79. The molecule has 3 rings (SSSR count). The highest BCUT2D eigenvalue weighted by atomic mass is 16.7. The Labute approximate surface area is 180 Å². The Morgan fingerprint density at radius 2 is 1.87 bits per heavy atom. The van der Waals surface area contributed by atoms with Gasteiger partial charge in [-0.15, -0.1) is 0 Å². The summed E-state index contributed by atoms with van der Waals surface area (Å²) in [4.78, 5) is 15.2. The molecule has 1 unspecified atom stereocenters. The fraction of sp³-hybridized carbons (Fsp3) is 0.826. The summed E-state index contributed by atoms with van der Waals surface area (Å²) in [5.74, 6) is 0.296. The van der Waals surface area contributed by atoms with Crippen molar-refractivity contribution in [3.63, 3.8) is 0 Å². The molecule has 1 atom stereocenters. The van der Waals surface area contributed by atoms with Crippen LogP contribution in [-0.2, 0) is 19.7 Å². The van der Waals surface area contributed by atoms with Crippen molar-refractivity contribution in [3.8, 4) is 0 Å². The highest BCUT2D eigenvalue weighted by molar-refractivity contribution is 5.96. The zero-order chi connectivity index (χ0) is 21.8. The second-order valence-electron chi connectivity index (χ2n) is 9.98. The van der Waals surface area contributed by atoms with Crippen LogP contribution in [0.3, 0.4) is 0 Å². The van der Waals surface area contributed by atoms with Gasteiger partial charge in [-0.2, -0.15) is 0 Å². The van der Waals surface area contributed by atoms with Gasteiger partial charge in [-0.05, 0) is 53.0 Å². The molecular formula is C23H39N3O4.